The van der Waals surface area contributed by atoms with Crippen molar-refractivity contribution >= 4 is 5.97 Å². The number of hydrogen-bond donors (Lipinski definition) is 1. The molecule has 0 atom stereocenters. The number of ether oxygens (including phenoxy) is 3. The predicted octanol–water partition coefficient (Wildman–Crippen LogP) is 5.48. The van der Waals surface area contributed by atoms with Crippen LogP contribution >= 0.6 is 0 Å². The molecule has 5 heteroatoms. The summed E-state index contributed by atoms with van der Waals surface area (Å²) in [5.74, 6) is 1.19. The minimum Gasteiger partial charge on any atom is -0.492 e. The topological polar surface area (TPSA) is 56.8 Å². The summed E-state index contributed by atoms with van der Waals surface area (Å²) in [6.07, 6.45) is 5.81. The molecule has 0 spiro atoms. The van der Waals surface area contributed by atoms with Crippen LogP contribution in [0.5, 0.6) is 5.75 Å². The molecule has 1 N–H and O–H groups in total. The highest BCUT2D eigenvalue weighted by Gasteiger charge is 2.23. The van der Waals surface area contributed by atoms with Gasteiger partial charge in [0, 0.05) is 6.54 Å². The zero-order valence-electron chi connectivity index (χ0n) is 19.5. The number of carbonyl (C=O) groups is 1. The largest absolute Gasteiger partial charge is 0.492 e. The Balaban J connectivity index is 1.36. The van der Waals surface area contributed by atoms with E-state index in [0.29, 0.717) is 37.4 Å². The molecule has 1 aliphatic rings. The molecule has 0 amide bonds. The van der Waals surface area contributed by atoms with Crippen LogP contribution in [0.25, 0.3) is 0 Å². The fourth-order valence-electron chi connectivity index (χ4n) is 4.11. The first-order valence-electron chi connectivity index (χ1n) is 12.0. The van der Waals surface area contributed by atoms with Crippen LogP contribution in [0.15, 0.2) is 48.5 Å². The van der Waals surface area contributed by atoms with Gasteiger partial charge in [-0.15, -0.1) is 0 Å². The lowest BCUT2D eigenvalue weighted by Crippen LogP contribution is -2.21. The van der Waals surface area contributed by atoms with Gasteiger partial charge in [0.25, 0.3) is 0 Å². The predicted molar refractivity (Wildman–Crippen MR) is 127 cm³/mol. The van der Waals surface area contributed by atoms with Gasteiger partial charge in [-0.1, -0.05) is 31.2 Å². The fraction of sp³-hybridized carbons (Fsp3) is 0.519. The van der Waals surface area contributed by atoms with Crippen molar-refractivity contribution in [3.05, 3.63) is 65.2 Å². The molecule has 2 aromatic rings. The van der Waals surface area contributed by atoms with E-state index < -0.39 is 0 Å². The van der Waals surface area contributed by atoms with Crippen LogP contribution in [-0.4, -0.2) is 38.4 Å². The molecule has 2 aromatic carbocycles. The molecule has 0 heterocycles. The molecule has 174 valence electrons. The second-order valence-electron chi connectivity index (χ2n) is 8.37. The first-order valence-corrected chi connectivity index (χ1v) is 12.0. The van der Waals surface area contributed by atoms with E-state index in [0.717, 1.165) is 50.9 Å². The van der Waals surface area contributed by atoms with E-state index in [-0.39, 0.29) is 5.97 Å². The van der Waals surface area contributed by atoms with Gasteiger partial charge in [0.1, 0.15) is 12.4 Å². The standard InChI is InChI=1S/C27H37NO4/c1-3-17-28-18-19-31-25-13-5-21(6-14-25)20-32-26-15-11-23(12-16-26)22-7-9-24(10-8-22)27(29)30-4-2/h5-10,13-14,23,26,28H,3-4,11-12,15-20H2,1-2H3. The van der Waals surface area contributed by atoms with Crippen molar-refractivity contribution in [2.24, 2.45) is 0 Å². The molecule has 0 aliphatic heterocycles. The van der Waals surface area contributed by atoms with Gasteiger partial charge in [-0.05, 0) is 86.9 Å². The van der Waals surface area contributed by atoms with E-state index in [2.05, 4.69) is 36.5 Å². The van der Waals surface area contributed by atoms with Crippen molar-refractivity contribution in [1.82, 2.24) is 5.32 Å². The van der Waals surface area contributed by atoms with Crippen molar-refractivity contribution in [3.63, 3.8) is 0 Å². The van der Waals surface area contributed by atoms with Crippen molar-refractivity contribution in [2.45, 2.75) is 64.6 Å². The third-order valence-electron chi connectivity index (χ3n) is 5.95. The fourth-order valence-corrected chi connectivity index (χ4v) is 4.11. The third-order valence-corrected chi connectivity index (χ3v) is 5.95. The molecular weight excluding hydrogens is 402 g/mol. The second-order valence-corrected chi connectivity index (χ2v) is 8.37. The van der Waals surface area contributed by atoms with Gasteiger partial charge >= 0.3 is 5.97 Å². The second kappa shape index (κ2) is 13.2. The van der Waals surface area contributed by atoms with Crippen LogP contribution < -0.4 is 10.1 Å². The Morgan fingerprint density at radius 2 is 1.66 bits per heavy atom. The van der Waals surface area contributed by atoms with Crippen LogP contribution in [-0.2, 0) is 16.1 Å². The van der Waals surface area contributed by atoms with Crippen LogP contribution in [0.4, 0.5) is 0 Å². The van der Waals surface area contributed by atoms with Crippen LogP contribution in [0.2, 0.25) is 0 Å². The molecule has 1 saturated carbocycles. The third kappa shape index (κ3) is 7.64. The summed E-state index contributed by atoms with van der Waals surface area (Å²) in [7, 11) is 0. The number of nitrogens with one attached hydrogen (secondary N) is 1. The van der Waals surface area contributed by atoms with E-state index in [4.69, 9.17) is 14.2 Å². The number of benzene rings is 2. The summed E-state index contributed by atoms with van der Waals surface area (Å²) in [5, 5.41) is 3.33. The average molecular weight is 440 g/mol. The minimum absolute atomic E-state index is 0.250. The molecule has 0 bridgehead atoms. The van der Waals surface area contributed by atoms with Crippen molar-refractivity contribution < 1.29 is 19.0 Å². The number of esters is 1. The van der Waals surface area contributed by atoms with Crippen molar-refractivity contribution in [1.29, 1.82) is 0 Å². The minimum atomic E-state index is -0.250. The number of rotatable bonds is 12. The molecule has 1 fully saturated rings. The van der Waals surface area contributed by atoms with E-state index in [9.17, 15) is 4.79 Å². The lowest BCUT2D eigenvalue weighted by Gasteiger charge is -2.29. The van der Waals surface area contributed by atoms with Gasteiger partial charge < -0.3 is 19.5 Å². The summed E-state index contributed by atoms with van der Waals surface area (Å²) in [6.45, 7) is 7.62. The quantitative estimate of drug-likeness (QED) is 0.350. The SMILES string of the molecule is CCCNCCOc1ccc(COC2CCC(c3ccc(C(=O)OCC)cc3)CC2)cc1. The maximum absolute atomic E-state index is 11.8. The Kier molecular flexibility index (Phi) is 10.0. The van der Waals surface area contributed by atoms with Crippen molar-refractivity contribution in [3.8, 4) is 5.75 Å². The lowest BCUT2D eigenvalue weighted by molar-refractivity contribution is 0.0133. The highest BCUT2D eigenvalue weighted by atomic mass is 16.5. The van der Waals surface area contributed by atoms with E-state index in [1.54, 1.807) is 0 Å². The monoisotopic (exact) mass is 439 g/mol. The molecular formula is C27H37NO4. The molecule has 0 radical (unpaired) electrons. The molecule has 0 saturated heterocycles. The zero-order valence-corrected chi connectivity index (χ0v) is 19.5. The zero-order chi connectivity index (χ0) is 22.6. The summed E-state index contributed by atoms with van der Waals surface area (Å²) in [5.41, 5.74) is 3.10. The lowest BCUT2D eigenvalue weighted by atomic mass is 9.82. The van der Waals surface area contributed by atoms with Gasteiger partial charge in [0.05, 0.1) is 24.9 Å². The van der Waals surface area contributed by atoms with Gasteiger partial charge in [0.15, 0.2) is 0 Å². The number of carbonyl (C=O) groups excluding carboxylic acids is 1. The van der Waals surface area contributed by atoms with Gasteiger partial charge in [-0.3, -0.25) is 0 Å². The highest BCUT2D eigenvalue weighted by Crippen LogP contribution is 2.34. The van der Waals surface area contributed by atoms with E-state index in [1.807, 2.05) is 31.2 Å². The Labute approximate surface area is 192 Å². The Bertz CT molecular complexity index is 795. The molecule has 0 unspecified atom stereocenters. The molecule has 3 rings (SSSR count). The Morgan fingerprint density at radius 1 is 0.938 bits per heavy atom. The smallest absolute Gasteiger partial charge is 0.338 e. The van der Waals surface area contributed by atoms with Crippen molar-refractivity contribution in [2.75, 3.05) is 26.3 Å². The van der Waals surface area contributed by atoms with Gasteiger partial charge in [-0.25, -0.2) is 4.79 Å². The molecule has 32 heavy (non-hydrogen) atoms. The average Bonchev–Trinajstić information content (AvgIpc) is 2.84. The number of hydrogen-bond acceptors (Lipinski definition) is 5. The van der Waals surface area contributed by atoms with Crippen LogP contribution in [0, 0.1) is 0 Å². The Hall–Kier alpha value is -2.37. The molecule has 0 aromatic heterocycles. The van der Waals surface area contributed by atoms with Crippen LogP contribution in [0.1, 0.15) is 73.4 Å². The summed E-state index contributed by atoms with van der Waals surface area (Å²) < 4.78 is 17.0. The van der Waals surface area contributed by atoms with Gasteiger partial charge in [-0.2, -0.15) is 0 Å². The summed E-state index contributed by atoms with van der Waals surface area (Å²) >= 11 is 0. The first-order chi connectivity index (χ1) is 15.7. The molecule has 1 aliphatic carbocycles. The highest BCUT2D eigenvalue weighted by molar-refractivity contribution is 5.89. The van der Waals surface area contributed by atoms with Crippen LogP contribution in [0.3, 0.4) is 0 Å². The van der Waals surface area contributed by atoms with Gasteiger partial charge in [0.2, 0.25) is 0 Å². The molecule has 5 nitrogen and oxygen atoms in total. The first kappa shape index (κ1) is 24.3. The maximum atomic E-state index is 11.8. The maximum Gasteiger partial charge on any atom is 0.338 e. The summed E-state index contributed by atoms with van der Waals surface area (Å²) in [6, 6.07) is 16.1. The summed E-state index contributed by atoms with van der Waals surface area (Å²) in [4.78, 5) is 11.8. The normalized spacial score (nSPS) is 18.3. The van der Waals surface area contributed by atoms with E-state index in [1.165, 1.54) is 11.1 Å². The Morgan fingerprint density at radius 3 is 2.31 bits per heavy atom. The van der Waals surface area contributed by atoms with E-state index >= 15 is 0 Å².